The molecule has 100 valence electrons. The van der Waals surface area contributed by atoms with E-state index in [0.29, 0.717) is 17.2 Å². The van der Waals surface area contributed by atoms with Gasteiger partial charge in [0, 0.05) is 6.07 Å². The first-order valence-electron chi connectivity index (χ1n) is 5.80. The van der Waals surface area contributed by atoms with Crippen LogP contribution in [0.25, 0.3) is 0 Å². The highest BCUT2D eigenvalue weighted by Crippen LogP contribution is 2.33. The predicted octanol–water partition coefficient (Wildman–Crippen LogP) is 3.50. The molecule has 2 aromatic carbocycles. The number of benzene rings is 2. The van der Waals surface area contributed by atoms with E-state index < -0.39 is 0 Å². The van der Waals surface area contributed by atoms with Crippen LogP contribution in [0.5, 0.6) is 28.7 Å². The minimum absolute atomic E-state index is 0.633. The maximum absolute atomic E-state index is 5.73. The molecule has 0 N–H and O–H groups in total. The van der Waals surface area contributed by atoms with Crippen LogP contribution in [0, 0.1) is 0 Å². The van der Waals surface area contributed by atoms with E-state index in [-0.39, 0.29) is 0 Å². The summed E-state index contributed by atoms with van der Waals surface area (Å²) in [5.41, 5.74) is 0. The van der Waals surface area contributed by atoms with Crippen LogP contribution in [0.15, 0.2) is 42.5 Å². The highest BCUT2D eigenvalue weighted by atomic mass is 16.5. The number of hydrogen-bond acceptors (Lipinski definition) is 4. The van der Waals surface area contributed by atoms with E-state index >= 15 is 0 Å². The summed E-state index contributed by atoms with van der Waals surface area (Å²) >= 11 is 0. The quantitative estimate of drug-likeness (QED) is 0.824. The minimum atomic E-state index is 0.633. The first-order chi connectivity index (χ1) is 9.26. The van der Waals surface area contributed by atoms with Gasteiger partial charge in [0.05, 0.1) is 21.3 Å². The molecule has 0 aliphatic heterocycles. The Morgan fingerprint density at radius 1 is 0.579 bits per heavy atom. The largest absolute Gasteiger partial charge is 0.497 e. The van der Waals surface area contributed by atoms with Gasteiger partial charge in [0.15, 0.2) is 11.5 Å². The molecule has 0 saturated carbocycles. The van der Waals surface area contributed by atoms with E-state index in [1.807, 2.05) is 30.3 Å². The van der Waals surface area contributed by atoms with Gasteiger partial charge in [-0.25, -0.2) is 0 Å². The highest BCUT2D eigenvalue weighted by Gasteiger charge is 2.06. The molecule has 0 aromatic heterocycles. The maximum Gasteiger partial charge on any atom is 0.164 e. The topological polar surface area (TPSA) is 36.9 Å². The van der Waals surface area contributed by atoms with Gasteiger partial charge in [0.25, 0.3) is 0 Å². The van der Waals surface area contributed by atoms with Crippen molar-refractivity contribution in [1.82, 2.24) is 0 Å². The van der Waals surface area contributed by atoms with Gasteiger partial charge in [-0.15, -0.1) is 0 Å². The zero-order valence-corrected chi connectivity index (χ0v) is 11.2. The fourth-order valence-corrected chi connectivity index (χ4v) is 1.66. The molecular formula is C15H16O4. The predicted molar refractivity (Wildman–Crippen MR) is 72.6 cm³/mol. The normalized spacial score (nSPS) is 9.84. The third-order valence-corrected chi connectivity index (χ3v) is 2.65. The molecule has 0 radical (unpaired) electrons. The van der Waals surface area contributed by atoms with Crippen molar-refractivity contribution in [2.75, 3.05) is 21.3 Å². The van der Waals surface area contributed by atoms with E-state index in [4.69, 9.17) is 18.9 Å². The molecular weight excluding hydrogens is 244 g/mol. The summed E-state index contributed by atoms with van der Waals surface area (Å²) in [5.74, 6) is 3.51. The molecule has 0 heterocycles. The first-order valence-corrected chi connectivity index (χ1v) is 5.80. The molecule has 0 aliphatic rings. The lowest BCUT2D eigenvalue weighted by molar-refractivity contribution is 0.352. The van der Waals surface area contributed by atoms with Crippen molar-refractivity contribution in [2.24, 2.45) is 0 Å². The molecule has 0 bridgehead atoms. The summed E-state index contributed by atoms with van der Waals surface area (Å²) in [6, 6.07) is 12.8. The van der Waals surface area contributed by atoms with Crippen LogP contribution in [0.1, 0.15) is 0 Å². The Hall–Kier alpha value is -2.36. The summed E-state index contributed by atoms with van der Waals surface area (Å²) in [5, 5.41) is 0. The summed E-state index contributed by atoms with van der Waals surface area (Å²) in [7, 11) is 4.82. The third kappa shape index (κ3) is 3.10. The molecule has 0 fully saturated rings. The highest BCUT2D eigenvalue weighted by molar-refractivity contribution is 5.47. The standard InChI is InChI=1S/C15H16O4/c1-16-11-4-6-12(7-5-11)19-13-8-9-14(17-2)15(10-13)18-3/h4-10H,1-3H3. The Bertz CT molecular complexity index is 534. The molecule has 0 atom stereocenters. The smallest absolute Gasteiger partial charge is 0.164 e. The molecule has 0 spiro atoms. The zero-order chi connectivity index (χ0) is 13.7. The molecule has 4 heteroatoms. The second-order valence-corrected chi connectivity index (χ2v) is 3.79. The number of hydrogen-bond donors (Lipinski definition) is 0. The van der Waals surface area contributed by atoms with Crippen LogP contribution in [-0.4, -0.2) is 21.3 Å². The Morgan fingerprint density at radius 2 is 1.16 bits per heavy atom. The molecule has 0 amide bonds. The fourth-order valence-electron chi connectivity index (χ4n) is 1.66. The average Bonchev–Trinajstić information content (AvgIpc) is 2.48. The number of ether oxygens (including phenoxy) is 4. The van der Waals surface area contributed by atoms with Crippen molar-refractivity contribution >= 4 is 0 Å². The molecule has 4 nitrogen and oxygen atoms in total. The lowest BCUT2D eigenvalue weighted by Gasteiger charge is -2.10. The molecule has 19 heavy (non-hydrogen) atoms. The van der Waals surface area contributed by atoms with Crippen LogP contribution < -0.4 is 18.9 Å². The van der Waals surface area contributed by atoms with Gasteiger partial charge < -0.3 is 18.9 Å². The van der Waals surface area contributed by atoms with Gasteiger partial charge in [0.1, 0.15) is 17.2 Å². The molecule has 0 aliphatic carbocycles. The Balaban J connectivity index is 2.18. The first kappa shape index (κ1) is 13.1. The fraction of sp³-hybridized carbons (Fsp3) is 0.200. The monoisotopic (exact) mass is 260 g/mol. The number of methoxy groups -OCH3 is 3. The Kier molecular flexibility index (Phi) is 4.13. The van der Waals surface area contributed by atoms with E-state index in [9.17, 15) is 0 Å². The lowest BCUT2D eigenvalue weighted by Crippen LogP contribution is -1.91. The average molecular weight is 260 g/mol. The lowest BCUT2D eigenvalue weighted by atomic mass is 10.3. The Labute approximate surface area is 112 Å². The second-order valence-electron chi connectivity index (χ2n) is 3.79. The van der Waals surface area contributed by atoms with Gasteiger partial charge >= 0.3 is 0 Å². The van der Waals surface area contributed by atoms with Crippen molar-refractivity contribution in [2.45, 2.75) is 0 Å². The van der Waals surface area contributed by atoms with Crippen molar-refractivity contribution in [3.8, 4) is 28.7 Å². The van der Waals surface area contributed by atoms with E-state index in [1.54, 1.807) is 33.5 Å². The van der Waals surface area contributed by atoms with E-state index in [0.717, 1.165) is 11.5 Å². The van der Waals surface area contributed by atoms with Crippen molar-refractivity contribution in [1.29, 1.82) is 0 Å². The summed E-state index contributed by atoms with van der Waals surface area (Å²) in [4.78, 5) is 0. The van der Waals surface area contributed by atoms with Crippen molar-refractivity contribution in [3.05, 3.63) is 42.5 Å². The van der Waals surface area contributed by atoms with Gasteiger partial charge in [-0.1, -0.05) is 0 Å². The van der Waals surface area contributed by atoms with E-state index in [1.165, 1.54) is 0 Å². The van der Waals surface area contributed by atoms with Crippen LogP contribution in [0.2, 0.25) is 0 Å². The molecule has 2 rings (SSSR count). The van der Waals surface area contributed by atoms with Gasteiger partial charge in [-0.05, 0) is 36.4 Å². The second kappa shape index (κ2) is 6.00. The summed E-state index contributed by atoms with van der Waals surface area (Å²) in [6.45, 7) is 0. The Morgan fingerprint density at radius 3 is 1.74 bits per heavy atom. The zero-order valence-electron chi connectivity index (χ0n) is 11.2. The maximum atomic E-state index is 5.73. The SMILES string of the molecule is COc1ccc(Oc2ccc(OC)c(OC)c2)cc1. The third-order valence-electron chi connectivity index (χ3n) is 2.65. The van der Waals surface area contributed by atoms with Crippen molar-refractivity contribution < 1.29 is 18.9 Å². The van der Waals surface area contributed by atoms with Crippen LogP contribution >= 0.6 is 0 Å². The van der Waals surface area contributed by atoms with Gasteiger partial charge in [0.2, 0.25) is 0 Å². The summed E-state index contributed by atoms with van der Waals surface area (Å²) < 4.78 is 21.2. The minimum Gasteiger partial charge on any atom is -0.497 e. The van der Waals surface area contributed by atoms with Crippen molar-refractivity contribution in [3.63, 3.8) is 0 Å². The molecule has 2 aromatic rings. The van der Waals surface area contributed by atoms with Crippen LogP contribution in [0.4, 0.5) is 0 Å². The van der Waals surface area contributed by atoms with E-state index in [2.05, 4.69) is 0 Å². The molecule has 0 unspecified atom stereocenters. The van der Waals surface area contributed by atoms with Crippen LogP contribution in [0.3, 0.4) is 0 Å². The van der Waals surface area contributed by atoms with Gasteiger partial charge in [-0.2, -0.15) is 0 Å². The summed E-state index contributed by atoms with van der Waals surface area (Å²) in [6.07, 6.45) is 0. The molecule has 0 saturated heterocycles. The van der Waals surface area contributed by atoms with Gasteiger partial charge in [-0.3, -0.25) is 0 Å². The van der Waals surface area contributed by atoms with Crippen LogP contribution in [-0.2, 0) is 0 Å². The number of rotatable bonds is 5.